The van der Waals surface area contributed by atoms with E-state index < -0.39 is 0 Å². The molecule has 44 heavy (non-hydrogen) atoms. The van der Waals surface area contributed by atoms with E-state index in [0.717, 1.165) is 62.1 Å². The molecule has 2 atom stereocenters. The van der Waals surface area contributed by atoms with Crippen LogP contribution in [0, 0.1) is 5.41 Å². The molecule has 9 heteroatoms. The average Bonchev–Trinajstić information content (AvgIpc) is 3.50. The molecule has 1 N–H and O–H groups in total. The maximum Gasteiger partial charge on any atom is 0.284 e. The Hall–Kier alpha value is -4.79. The lowest BCUT2D eigenvalue weighted by atomic mass is 9.76. The monoisotopic (exact) mass is 587 g/mol. The number of nitrogens with one attached hydrogen (secondary N) is 1. The standard InChI is InChI=1S/C18H19N3O.C17H18N4O/c1-13-21(2)18(11-22-13)7-6-17-14(8-18)4-3-5-16(17)15-9-19-12-20-10-15;1-21-16(18)22-10-17(21)6-5-15-12(7-17)3-2-4-14(15)13-8-19-11-20-9-13/h3-5,9-10,12H,1,6-8,11H2,2H3;2-4,8-9,11,18H,5-7,10H2,1H3/t18-;/m0./s1. The number of nitrogens with zero attached hydrogens (tertiary/aromatic N) is 6. The zero-order valence-corrected chi connectivity index (χ0v) is 25.3. The quantitative estimate of drug-likeness (QED) is 0.347. The van der Waals surface area contributed by atoms with Gasteiger partial charge in [0.15, 0.2) is 5.88 Å². The maximum atomic E-state index is 7.86. The minimum Gasteiger partial charge on any atom is -0.477 e. The van der Waals surface area contributed by atoms with Crippen molar-refractivity contribution >= 4 is 6.02 Å². The lowest BCUT2D eigenvalue weighted by molar-refractivity contribution is 0.178. The van der Waals surface area contributed by atoms with Gasteiger partial charge < -0.3 is 19.3 Å². The van der Waals surface area contributed by atoms with Crippen LogP contribution < -0.4 is 0 Å². The van der Waals surface area contributed by atoms with E-state index in [1.807, 2.05) is 36.7 Å². The van der Waals surface area contributed by atoms with Crippen molar-refractivity contribution in [2.75, 3.05) is 27.3 Å². The average molecular weight is 588 g/mol. The van der Waals surface area contributed by atoms with Crippen molar-refractivity contribution in [3.8, 4) is 22.3 Å². The molecule has 0 saturated carbocycles. The highest BCUT2D eigenvalue weighted by atomic mass is 16.5. The smallest absolute Gasteiger partial charge is 0.284 e. The van der Waals surface area contributed by atoms with Gasteiger partial charge in [0.1, 0.15) is 25.9 Å². The van der Waals surface area contributed by atoms with Crippen LogP contribution >= 0.6 is 0 Å². The number of amidine groups is 1. The third-order valence-corrected chi connectivity index (χ3v) is 10.1. The molecular weight excluding hydrogens is 550 g/mol. The summed E-state index contributed by atoms with van der Waals surface area (Å²) in [5.74, 6) is 0.788. The molecule has 2 spiro atoms. The predicted octanol–water partition coefficient (Wildman–Crippen LogP) is 5.07. The fourth-order valence-corrected chi connectivity index (χ4v) is 7.32. The Labute approximate surface area is 258 Å². The summed E-state index contributed by atoms with van der Waals surface area (Å²) < 4.78 is 11.2. The SMILES string of the molecule is C=C1OC[C@@]2(CCc3c(cccc3-c3cncnc3)C2)N1C.CN1C(=N)OCC12CCc1c(cccc1-c1cncnc1)C2. The zero-order chi connectivity index (χ0) is 30.3. The fraction of sp³-hybridized carbons (Fsp3) is 0.343. The third-order valence-electron chi connectivity index (χ3n) is 10.1. The minimum atomic E-state index is -0.0596. The summed E-state index contributed by atoms with van der Waals surface area (Å²) in [6, 6.07) is 13.3. The van der Waals surface area contributed by atoms with E-state index in [-0.39, 0.29) is 17.1 Å². The molecular formula is C35H37N7O2. The molecule has 0 amide bonds. The second kappa shape index (κ2) is 11.0. The Morgan fingerprint density at radius 2 is 1.18 bits per heavy atom. The molecule has 2 aromatic carbocycles. The number of hydrogen-bond acceptors (Lipinski definition) is 8. The largest absolute Gasteiger partial charge is 0.477 e. The lowest BCUT2D eigenvalue weighted by Gasteiger charge is -2.39. The molecule has 0 radical (unpaired) electrons. The number of aromatic nitrogens is 4. The Kier molecular flexibility index (Phi) is 7.03. The molecule has 0 bridgehead atoms. The number of likely N-dealkylation sites (N-methyl/N-ethyl adjacent to an activating group) is 2. The Morgan fingerprint density at radius 1 is 0.705 bits per heavy atom. The molecule has 1 unspecified atom stereocenters. The maximum absolute atomic E-state index is 7.86. The molecule has 4 heterocycles. The fourth-order valence-electron chi connectivity index (χ4n) is 7.32. The van der Waals surface area contributed by atoms with Crippen LogP contribution in [0.3, 0.4) is 0 Å². The van der Waals surface area contributed by atoms with Crippen molar-refractivity contribution in [1.29, 1.82) is 5.41 Å². The number of ether oxygens (including phenoxy) is 2. The van der Waals surface area contributed by atoms with Gasteiger partial charge in [-0.05, 0) is 78.5 Å². The van der Waals surface area contributed by atoms with Crippen LogP contribution in [0.25, 0.3) is 22.3 Å². The second-order valence-corrected chi connectivity index (χ2v) is 12.3. The summed E-state index contributed by atoms with van der Waals surface area (Å²) in [5.41, 5.74) is 10.2. The number of benzene rings is 2. The van der Waals surface area contributed by atoms with Crippen molar-refractivity contribution < 1.29 is 9.47 Å². The highest BCUT2D eigenvalue weighted by Crippen LogP contribution is 2.42. The first-order chi connectivity index (χ1) is 21.4. The normalized spacial score (nSPS) is 23.5. The van der Waals surface area contributed by atoms with Crippen LogP contribution in [0.15, 0.2) is 86.3 Å². The van der Waals surface area contributed by atoms with Gasteiger partial charge in [-0.25, -0.2) is 19.9 Å². The van der Waals surface area contributed by atoms with Gasteiger partial charge in [0.05, 0.1) is 11.1 Å². The van der Waals surface area contributed by atoms with Crippen molar-refractivity contribution in [2.24, 2.45) is 0 Å². The topological polar surface area (TPSA) is 100 Å². The molecule has 8 rings (SSSR count). The lowest BCUT2D eigenvalue weighted by Crippen LogP contribution is -2.49. The van der Waals surface area contributed by atoms with Gasteiger partial charge in [0, 0.05) is 50.0 Å². The van der Waals surface area contributed by atoms with Crippen LogP contribution in [0.2, 0.25) is 0 Å². The second-order valence-electron chi connectivity index (χ2n) is 12.3. The van der Waals surface area contributed by atoms with Crippen LogP contribution in [-0.2, 0) is 35.2 Å². The molecule has 4 aliphatic rings. The highest BCUT2D eigenvalue weighted by molar-refractivity contribution is 5.74. The summed E-state index contributed by atoms with van der Waals surface area (Å²) in [5, 5.41) is 7.86. The van der Waals surface area contributed by atoms with E-state index in [4.69, 9.17) is 14.9 Å². The van der Waals surface area contributed by atoms with Crippen molar-refractivity contribution in [3.63, 3.8) is 0 Å². The number of hydrogen-bond donors (Lipinski definition) is 1. The molecule has 2 saturated heterocycles. The van der Waals surface area contributed by atoms with E-state index in [9.17, 15) is 0 Å². The first-order valence-electron chi connectivity index (χ1n) is 15.1. The van der Waals surface area contributed by atoms with Crippen molar-refractivity contribution in [1.82, 2.24) is 29.7 Å². The van der Waals surface area contributed by atoms with Crippen molar-refractivity contribution in [2.45, 2.75) is 49.6 Å². The Bertz CT molecular complexity index is 1590. The van der Waals surface area contributed by atoms with E-state index in [1.54, 1.807) is 12.7 Å². The van der Waals surface area contributed by atoms with E-state index in [2.05, 4.69) is 74.9 Å². The van der Waals surface area contributed by atoms with Gasteiger partial charge in [-0.3, -0.25) is 5.41 Å². The Balaban J connectivity index is 0.000000142. The first kappa shape index (κ1) is 28.0. The third kappa shape index (κ3) is 4.76. The number of rotatable bonds is 2. The Morgan fingerprint density at radius 3 is 1.61 bits per heavy atom. The molecule has 2 aliphatic carbocycles. The summed E-state index contributed by atoms with van der Waals surface area (Å²) >= 11 is 0. The summed E-state index contributed by atoms with van der Waals surface area (Å²) in [6.07, 6.45) is 16.7. The molecule has 224 valence electrons. The molecule has 9 nitrogen and oxygen atoms in total. The van der Waals surface area contributed by atoms with E-state index in [1.165, 1.54) is 33.4 Å². The van der Waals surface area contributed by atoms with Gasteiger partial charge in [0.25, 0.3) is 6.02 Å². The van der Waals surface area contributed by atoms with Crippen LogP contribution in [0.4, 0.5) is 0 Å². The van der Waals surface area contributed by atoms with Crippen LogP contribution in [0.5, 0.6) is 0 Å². The molecule has 2 fully saturated rings. The number of fused-ring (bicyclic) bond motifs is 2. The summed E-state index contributed by atoms with van der Waals surface area (Å²) in [6.45, 7) is 5.34. The van der Waals surface area contributed by atoms with Crippen LogP contribution in [-0.4, -0.2) is 74.1 Å². The van der Waals surface area contributed by atoms with Gasteiger partial charge in [-0.15, -0.1) is 0 Å². The van der Waals surface area contributed by atoms with E-state index in [0.29, 0.717) is 6.61 Å². The van der Waals surface area contributed by atoms with Gasteiger partial charge in [-0.1, -0.05) is 36.4 Å². The summed E-state index contributed by atoms with van der Waals surface area (Å²) in [7, 11) is 4.06. The molecule has 2 aliphatic heterocycles. The molecule has 2 aromatic heterocycles. The van der Waals surface area contributed by atoms with Gasteiger partial charge in [-0.2, -0.15) is 0 Å². The first-order valence-corrected chi connectivity index (χ1v) is 15.1. The van der Waals surface area contributed by atoms with Gasteiger partial charge >= 0.3 is 0 Å². The van der Waals surface area contributed by atoms with E-state index >= 15 is 0 Å². The predicted molar refractivity (Wildman–Crippen MR) is 169 cm³/mol. The zero-order valence-electron chi connectivity index (χ0n) is 25.3. The van der Waals surface area contributed by atoms with Crippen LogP contribution in [0.1, 0.15) is 35.1 Å². The van der Waals surface area contributed by atoms with Gasteiger partial charge in [0.2, 0.25) is 0 Å². The van der Waals surface area contributed by atoms with Crippen molar-refractivity contribution in [3.05, 3.63) is 109 Å². The summed E-state index contributed by atoms with van der Waals surface area (Å²) in [4.78, 5) is 20.8. The molecule has 4 aromatic rings. The minimum absolute atomic E-state index is 0.0596. The highest BCUT2D eigenvalue weighted by Gasteiger charge is 2.46.